The first kappa shape index (κ1) is 80.1. The first-order valence-corrected chi connectivity index (χ1v) is 35.7. The minimum atomic E-state index is -4.94. The molecule has 0 aliphatic carbocycles. The van der Waals surface area contributed by atoms with Crippen LogP contribution in [0.3, 0.4) is 0 Å². The Labute approximate surface area is 498 Å². The zero-order valence-electron chi connectivity index (χ0n) is 53.1. The Hall–Kier alpha value is -1.94. The molecule has 0 amide bonds. The summed E-state index contributed by atoms with van der Waals surface area (Å²) in [5.41, 5.74) is 0. The number of unbranched alkanes of at least 4 members (excludes halogenated alkanes) is 26. The predicted molar refractivity (Wildman–Crippen MR) is 326 cm³/mol. The third-order valence-corrected chi connectivity index (χ3v) is 16.2. The fraction of sp³-hybridized carbons (Fsp3) is 0.937. The third kappa shape index (κ3) is 57.2. The standard InChI is InChI=1S/C63H122O17P2/c1-53(2)39-31-23-15-11-9-10-12-18-29-37-45-62(67)79-58(49-73-60(65)43-35-27-17-14-13-16-24-32-40-54(3)4)51-77-81(69,70)75-47-57(64)48-76-82(71,72)78-52-59(80-63(68)46-38-30-22-20-26-34-42-56(7)8)50-74-61(66)44-36-28-21-19-25-33-41-55(5)6/h53-59,64H,9-52H2,1-8H3,(H,69,70)(H,71,72)/t57?,58-,59-/m1/s1. The molecule has 3 unspecified atom stereocenters. The highest BCUT2D eigenvalue weighted by atomic mass is 31.2. The van der Waals surface area contributed by atoms with Gasteiger partial charge in [-0.2, -0.15) is 0 Å². The molecule has 0 saturated carbocycles. The van der Waals surface area contributed by atoms with Gasteiger partial charge in [0.1, 0.15) is 19.3 Å². The molecule has 0 saturated heterocycles. The van der Waals surface area contributed by atoms with Crippen LogP contribution in [0.4, 0.5) is 0 Å². The average Bonchev–Trinajstić information content (AvgIpc) is 3.44. The van der Waals surface area contributed by atoms with Gasteiger partial charge in [0.15, 0.2) is 12.2 Å². The summed E-state index contributed by atoms with van der Waals surface area (Å²) < 4.78 is 67.9. The molecule has 0 aromatic carbocycles. The first-order valence-electron chi connectivity index (χ1n) is 32.7. The van der Waals surface area contributed by atoms with E-state index in [0.717, 1.165) is 108 Å². The van der Waals surface area contributed by atoms with Crippen molar-refractivity contribution in [3.63, 3.8) is 0 Å². The van der Waals surface area contributed by atoms with Gasteiger partial charge in [-0.05, 0) is 49.4 Å². The Balaban J connectivity index is 5.24. The van der Waals surface area contributed by atoms with Gasteiger partial charge in [-0.3, -0.25) is 37.3 Å². The fourth-order valence-corrected chi connectivity index (χ4v) is 10.8. The van der Waals surface area contributed by atoms with Crippen molar-refractivity contribution in [3.8, 4) is 0 Å². The van der Waals surface area contributed by atoms with Gasteiger partial charge >= 0.3 is 39.5 Å². The van der Waals surface area contributed by atoms with E-state index < -0.39 is 97.5 Å². The van der Waals surface area contributed by atoms with Crippen LogP contribution in [-0.2, 0) is 65.4 Å². The monoisotopic (exact) mass is 1210 g/mol. The number of ether oxygens (including phenoxy) is 4. The fourth-order valence-electron chi connectivity index (χ4n) is 9.25. The van der Waals surface area contributed by atoms with E-state index in [1.165, 1.54) is 96.3 Å². The molecule has 0 heterocycles. The molecule has 5 atom stereocenters. The van der Waals surface area contributed by atoms with Crippen LogP contribution in [0.1, 0.15) is 299 Å². The second-order valence-corrected chi connectivity index (χ2v) is 27.6. The van der Waals surface area contributed by atoms with Gasteiger partial charge in [0.05, 0.1) is 26.4 Å². The van der Waals surface area contributed by atoms with E-state index in [0.29, 0.717) is 37.5 Å². The molecule has 0 fully saturated rings. The van der Waals surface area contributed by atoms with Crippen molar-refractivity contribution in [2.45, 2.75) is 318 Å². The maximum Gasteiger partial charge on any atom is 0.472 e. The van der Waals surface area contributed by atoms with Crippen molar-refractivity contribution in [3.05, 3.63) is 0 Å². The lowest BCUT2D eigenvalue weighted by Crippen LogP contribution is -2.30. The summed E-state index contributed by atoms with van der Waals surface area (Å²) in [6.45, 7) is 13.9. The third-order valence-electron chi connectivity index (χ3n) is 14.3. The summed E-state index contributed by atoms with van der Waals surface area (Å²) in [6.07, 6.45) is 32.4. The van der Waals surface area contributed by atoms with Gasteiger partial charge in [-0.1, -0.05) is 248 Å². The van der Waals surface area contributed by atoms with E-state index in [1.54, 1.807) is 0 Å². The number of aliphatic hydroxyl groups is 1. The van der Waals surface area contributed by atoms with Crippen molar-refractivity contribution in [2.75, 3.05) is 39.6 Å². The summed E-state index contributed by atoms with van der Waals surface area (Å²) in [5, 5.41) is 10.5. The number of hydrogen-bond acceptors (Lipinski definition) is 15. The first-order chi connectivity index (χ1) is 39.1. The zero-order chi connectivity index (χ0) is 61.1. The highest BCUT2D eigenvalue weighted by molar-refractivity contribution is 7.47. The van der Waals surface area contributed by atoms with Crippen LogP contribution in [-0.4, -0.2) is 96.7 Å². The van der Waals surface area contributed by atoms with Crippen LogP contribution in [0.25, 0.3) is 0 Å². The second kappa shape index (κ2) is 53.3. The normalized spacial score (nSPS) is 14.5. The van der Waals surface area contributed by atoms with E-state index in [1.807, 2.05) is 0 Å². The zero-order valence-corrected chi connectivity index (χ0v) is 54.9. The van der Waals surface area contributed by atoms with Crippen molar-refractivity contribution in [2.24, 2.45) is 23.7 Å². The number of phosphoric ester groups is 2. The average molecular weight is 1210 g/mol. The number of aliphatic hydroxyl groups excluding tert-OH is 1. The molecule has 0 radical (unpaired) electrons. The summed E-state index contributed by atoms with van der Waals surface area (Å²) >= 11 is 0. The van der Waals surface area contributed by atoms with Crippen LogP contribution < -0.4 is 0 Å². The Morgan fingerprint density at radius 3 is 0.756 bits per heavy atom. The van der Waals surface area contributed by atoms with E-state index in [-0.39, 0.29) is 25.7 Å². The number of carbonyl (C=O) groups is 4. The molecule has 0 aliphatic heterocycles. The van der Waals surface area contributed by atoms with Gasteiger partial charge in [-0.15, -0.1) is 0 Å². The minimum Gasteiger partial charge on any atom is -0.462 e. The molecule has 0 aromatic heterocycles. The van der Waals surface area contributed by atoms with Crippen molar-refractivity contribution < 1.29 is 80.2 Å². The molecule has 0 spiro atoms. The lowest BCUT2D eigenvalue weighted by molar-refractivity contribution is -0.161. The van der Waals surface area contributed by atoms with Crippen LogP contribution in [0.2, 0.25) is 0 Å². The highest BCUT2D eigenvalue weighted by Crippen LogP contribution is 2.45. The molecule has 3 N–H and O–H groups in total. The summed E-state index contributed by atoms with van der Waals surface area (Å²) in [4.78, 5) is 72.1. The topological polar surface area (TPSA) is 237 Å². The maximum atomic E-state index is 13.0. The Bertz CT molecular complexity index is 1640. The number of esters is 4. The molecular weight excluding hydrogens is 1090 g/mol. The van der Waals surface area contributed by atoms with E-state index in [9.17, 15) is 43.2 Å². The Morgan fingerprint density at radius 1 is 0.305 bits per heavy atom. The lowest BCUT2D eigenvalue weighted by Gasteiger charge is -2.21. The van der Waals surface area contributed by atoms with Crippen LogP contribution in [0.15, 0.2) is 0 Å². The molecule has 0 aliphatic rings. The van der Waals surface area contributed by atoms with Crippen LogP contribution >= 0.6 is 15.6 Å². The highest BCUT2D eigenvalue weighted by Gasteiger charge is 2.30. The van der Waals surface area contributed by atoms with Gasteiger partial charge in [0.2, 0.25) is 0 Å². The Morgan fingerprint density at radius 2 is 0.512 bits per heavy atom. The number of phosphoric acid groups is 2. The minimum absolute atomic E-state index is 0.100. The summed E-state index contributed by atoms with van der Waals surface area (Å²) in [6, 6.07) is 0. The summed E-state index contributed by atoms with van der Waals surface area (Å²) in [5.74, 6) is 0.681. The second-order valence-electron chi connectivity index (χ2n) is 24.7. The van der Waals surface area contributed by atoms with Crippen molar-refractivity contribution >= 4 is 39.5 Å². The summed E-state index contributed by atoms with van der Waals surface area (Å²) in [7, 11) is -9.89. The van der Waals surface area contributed by atoms with Crippen LogP contribution in [0.5, 0.6) is 0 Å². The maximum absolute atomic E-state index is 13.0. The van der Waals surface area contributed by atoms with Gasteiger partial charge in [0.25, 0.3) is 0 Å². The molecule has 0 rings (SSSR count). The van der Waals surface area contributed by atoms with Gasteiger partial charge in [-0.25, -0.2) is 9.13 Å². The SMILES string of the molecule is CC(C)CCCCCCCCCCCCC(=O)O[C@H](COC(=O)CCCCCCCCCCC(C)C)COP(=O)(O)OCC(O)COP(=O)(O)OC[C@@H](COC(=O)CCCCCCCCC(C)C)OC(=O)CCCCCCCCC(C)C. The quantitative estimate of drug-likeness (QED) is 0.0222. The van der Waals surface area contributed by atoms with Gasteiger partial charge < -0.3 is 33.8 Å². The molecule has 0 aromatic rings. The molecular formula is C63H122O17P2. The predicted octanol–water partition coefficient (Wildman–Crippen LogP) is 17.0. The van der Waals surface area contributed by atoms with Gasteiger partial charge in [0, 0.05) is 25.7 Å². The van der Waals surface area contributed by atoms with Crippen LogP contribution in [0, 0.1) is 23.7 Å². The molecule has 0 bridgehead atoms. The van der Waals surface area contributed by atoms with E-state index in [2.05, 4.69) is 55.4 Å². The Kier molecular flexibility index (Phi) is 52.0. The number of rotatable bonds is 60. The number of hydrogen-bond donors (Lipinski definition) is 3. The molecule has 82 heavy (non-hydrogen) atoms. The van der Waals surface area contributed by atoms with Crippen molar-refractivity contribution in [1.82, 2.24) is 0 Å². The largest absolute Gasteiger partial charge is 0.472 e. The van der Waals surface area contributed by atoms with E-state index in [4.69, 9.17) is 37.0 Å². The number of carbonyl (C=O) groups excluding carboxylic acids is 4. The lowest BCUT2D eigenvalue weighted by atomic mass is 10.0. The molecule has 17 nitrogen and oxygen atoms in total. The molecule has 19 heteroatoms. The molecule has 486 valence electrons. The van der Waals surface area contributed by atoms with Crippen molar-refractivity contribution in [1.29, 1.82) is 0 Å². The smallest absolute Gasteiger partial charge is 0.462 e. The van der Waals surface area contributed by atoms with E-state index >= 15 is 0 Å².